The maximum Gasteiger partial charge on any atom is 0.256 e. The second-order valence-corrected chi connectivity index (χ2v) is 7.07. The standard InChI is InChI=1S/C18H26N4O3/c23-16(21-9-5-18(6-10-21)24-11-12-25-18)15-13-19-17(20-14-15)22-7-3-1-2-4-8-22/h13-14H,1-12H2. The molecule has 0 bridgehead atoms. The van der Waals surface area contributed by atoms with Gasteiger partial charge in [-0.05, 0) is 12.8 Å². The zero-order chi connectivity index (χ0) is 17.1. The average Bonchev–Trinajstić information content (AvgIpc) is 2.94. The van der Waals surface area contributed by atoms with Crippen LogP contribution in [0.2, 0.25) is 0 Å². The number of carbonyl (C=O) groups is 1. The van der Waals surface area contributed by atoms with Gasteiger partial charge >= 0.3 is 0 Å². The second kappa shape index (κ2) is 7.25. The smallest absolute Gasteiger partial charge is 0.256 e. The SMILES string of the molecule is O=C(c1cnc(N2CCCCCC2)nc1)N1CCC2(CC1)OCCO2. The Morgan fingerprint density at radius 1 is 0.920 bits per heavy atom. The lowest BCUT2D eigenvalue weighted by Crippen LogP contribution is -2.47. The molecule has 0 saturated carbocycles. The molecule has 1 aromatic heterocycles. The maximum absolute atomic E-state index is 12.7. The summed E-state index contributed by atoms with van der Waals surface area (Å²) >= 11 is 0. The fourth-order valence-corrected chi connectivity index (χ4v) is 3.88. The van der Waals surface area contributed by atoms with Crippen LogP contribution >= 0.6 is 0 Å². The molecule has 4 rings (SSSR count). The van der Waals surface area contributed by atoms with Crippen molar-refractivity contribution in [2.75, 3.05) is 44.3 Å². The zero-order valence-corrected chi connectivity index (χ0v) is 14.7. The highest BCUT2D eigenvalue weighted by molar-refractivity contribution is 5.93. The number of piperidine rings is 1. The average molecular weight is 346 g/mol. The Morgan fingerprint density at radius 3 is 2.12 bits per heavy atom. The number of likely N-dealkylation sites (tertiary alicyclic amines) is 1. The lowest BCUT2D eigenvalue weighted by atomic mass is 10.0. The summed E-state index contributed by atoms with van der Waals surface area (Å²) in [6.45, 7) is 4.60. The van der Waals surface area contributed by atoms with Crippen LogP contribution in [0, 0.1) is 0 Å². The summed E-state index contributed by atoms with van der Waals surface area (Å²) in [7, 11) is 0. The van der Waals surface area contributed by atoms with Crippen molar-refractivity contribution < 1.29 is 14.3 Å². The third-order valence-corrected chi connectivity index (χ3v) is 5.40. The highest BCUT2D eigenvalue weighted by Crippen LogP contribution is 2.31. The van der Waals surface area contributed by atoms with E-state index in [9.17, 15) is 4.79 Å². The lowest BCUT2D eigenvalue weighted by Gasteiger charge is -2.37. The van der Waals surface area contributed by atoms with Crippen molar-refractivity contribution in [3.05, 3.63) is 18.0 Å². The molecule has 0 aliphatic carbocycles. The summed E-state index contributed by atoms with van der Waals surface area (Å²) in [4.78, 5) is 25.7. The van der Waals surface area contributed by atoms with E-state index in [0.29, 0.717) is 31.9 Å². The molecule has 7 heteroatoms. The summed E-state index contributed by atoms with van der Waals surface area (Å²) in [5.41, 5.74) is 0.558. The van der Waals surface area contributed by atoms with Crippen LogP contribution in [0.1, 0.15) is 48.9 Å². The van der Waals surface area contributed by atoms with Gasteiger partial charge in [-0.2, -0.15) is 0 Å². The topological polar surface area (TPSA) is 67.8 Å². The molecule has 7 nitrogen and oxygen atoms in total. The minimum Gasteiger partial charge on any atom is -0.347 e. The normalized spacial score (nSPS) is 23.7. The van der Waals surface area contributed by atoms with Crippen LogP contribution in [0.4, 0.5) is 5.95 Å². The first-order chi connectivity index (χ1) is 12.3. The minimum atomic E-state index is -0.454. The highest BCUT2D eigenvalue weighted by Gasteiger charge is 2.40. The number of carbonyl (C=O) groups excluding carboxylic acids is 1. The summed E-state index contributed by atoms with van der Waals surface area (Å²) in [5, 5.41) is 0. The zero-order valence-electron chi connectivity index (χ0n) is 14.7. The molecule has 4 heterocycles. The summed E-state index contributed by atoms with van der Waals surface area (Å²) in [6.07, 6.45) is 9.71. The van der Waals surface area contributed by atoms with E-state index in [0.717, 1.165) is 31.9 Å². The Balaban J connectivity index is 1.37. The molecular formula is C18H26N4O3. The molecule has 0 radical (unpaired) electrons. The molecule has 3 saturated heterocycles. The summed E-state index contributed by atoms with van der Waals surface area (Å²) in [5.74, 6) is 0.281. The van der Waals surface area contributed by atoms with Crippen molar-refractivity contribution in [2.45, 2.75) is 44.3 Å². The van der Waals surface area contributed by atoms with E-state index in [4.69, 9.17) is 9.47 Å². The van der Waals surface area contributed by atoms with Gasteiger partial charge in [-0.25, -0.2) is 9.97 Å². The van der Waals surface area contributed by atoms with Crippen LogP contribution in [0.15, 0.2) is 12.4 Å². The number of hydrogen-bond donors (Lipinski definition) is 0. The van der Waals surface area contributed by atoms with Crippen molar-refractivity contribution in [2.24, 2.45) is 0 Å². The molecule has 1 aromatic rings. The Morgan fingerprint density at radius 2 is 1.52 bits per heavy atom. The molecular weight excluding hydrogens is 320 g/mol. The van der Waals surface area contributed by atoms with E-state index >= 15 is 0 Å². The third-order valence-electron chi connectivity index (χ3n) is 5.40. The van der Waals surface area contributed by atoms with E-state index in [2.05, 4.69) is 14.9 Å². The monoisotopic (exact) mass is 346 g/mol. The quantitative estimate of drug-likeness (QED) is 0.814. The molecule has 0 unspecified atom stereocenters. The van der Waals surface area contributed by atoms with Crippen molar-refractivity contribution >= 4 is 11.9 Å². The maximum atomic E-state index is 12.7. The first kappa shape index (κ1) is 16.7. The number of anilines is 1. The largest absolute Gasteiger partial charge is 0.347 e. The van der Waals surface area contributed by atoms with Gasteiger partial charge < -0.3 is 19.3 Å². The van der Waals surface area contributed by atoms with E-state index in [1.165, 1.54) is 25.7 Å². The van der Waals surface area contributed by atoms with E-state index in [-0.39, 0.29) is 5.91 Å². The number of nitrogens with zero attached hydrogens (tertiary/aromatic N) is 4. The predicted octanol–water partition coefficient (Wildman–Crippen LogP) is 1.84. The molecule has 0 atom stereocenters. The number of amides is 1. The van der Waals surface area contributed by atoms with Gasteiger partial charge in [-0.3, -0.25) is 4.79 Å². The van der Waals surface area contributed by atoms with Gasteiger partial charge in [0.05, 0.1) is 18.8 Å². The van der Waals surface area contributed by atoms with Crippen LogP contribution < -0.4 is 4.90 Å². The highest BCUT2D eigenvalue weighted by atomic mass is 16.7. The molecule has 136 valence electrons. The minimum absolute atomic E-state index is 0.00439. The van der Waals surface area contributed by atoms with Gasteiger partial charge in [0, 0.05) is 51.4 Å². The third kappa shape index (κ3) is 3.62. The Labute approximate surface area is 148 Å². The molecule has 1 amide bonds. The van der Waals surface area contributed by atoms with Gasteiger partial charge in [-0.15, -0.1) is 0 Å². The van der Waals surface area contributed by atoms with Crippen molar-refractivity contribution in [1.82, 2.24) is 14.9 Å². The van der Waals surface area contributed by atoms with Crippen LogP contribution in [-0.4, -0.2) is 66.0 Å². The number of ether oxygens (including phenoxy) is 2. The summed E-state index contributed by atoms with van der Waals surface area (Å²) in [6, 6.07) is 0. The Hall–Kier alpha value is -1.73. The predicted molar refractivity (Wildman–Crippen MR) is 92.5 cm³/mol. The molecule has 0 N–H and O–H groups in total. The van der Waals surface area contributed by atoms with E-state index in [1.807, 2.05) is 4.90 Å². The Kier molecular flexibility index (Phi) is 4.85. The first-order valence-corrected chi connectivity index (χ1v) is 9.40. The van der Waals surface area contributed by atoms with E-state index < -0.39 is 5.79 Å². The van der Waals surface area contributed by atoms with Crippen molar-refractivity contribution in [3.63, 3.8) is 0 Å². The molecule has 0 aromatic carbocycles. The fourth-order valence-electron chi connectivity index (χ4n) is 3.88. The summed E-state index contributed by atoms with van der Waals surface area (Å²) < 4.78 is 11.4. The van der Waals surface area contributed by atoms with Crippen molar-refractivity contribution in [3.8, 4) is 0 Å². The van der Waals surface area contributed by atoms with Gasteiger partial charge in [-0.1, -0.05) is 12.8 Å². The van der Waals surface area contributed by atoms with Gasteiger partial charge in [0.25, 0.3) is 5.91 Å². The number of aromatic nitrogens is 2. The first-order valence-electron chi connectivity index (χ1n) is 9.40. The molecule has 25 heavy (non-hydrogen) atoms. The lowest BCUT2D eigenvalue weighted by molar-refractivity contribution is -0.181. The molecule has 3 aliphatic rings. The van der Waals surface area contributed by atoms with Gasteiger partial charge in [0.1, 0.15) is 0 Å². The molecule has 3 fully saturated rings. The molecule has 1 spiro atoms. The van der Waals surface area contributed by atoms with Crippen LogP contribution in [0.3, 0.4) is 0 Å². The van der Waals surface area contributed by atoms with E-state index in [1.54, 1.807) is 12.4 Å². The second-order valence-electron chi connectivity index (χ2n) is 7.07. The number of rotatable bonds is 2. The van der Waals surface area contributed by atoms with Gasteiger partial charge in [0.2, 0.25) is 5.95 Å². The molecule has 3 aliphatic heterocycles. The van der Waals surface area contributed by atoms with Crippen LogP contribution in [0.25, 0.3) is 0 Å². The fraction of sp³-hybridized carbons (Fsp3) is 0.722. The Bertz CT molecular complexity index is 583. The van der Waals surface area contributed by atoms with Crippen LogP contribution in [0.5, 0.6) is 0 Å². The van der Waals surface area contributed by atoms with Crippen molar-refractivity contribution in [1.29, 1.82) is 0 Å². The van der Waals surface area contributed by atoms with Crippen LogP contribution in [-0.2, 0) is 9.47 Å². The number of hydrogen-bond acceptors (Lipinski definition) is 6. The van der Waals surface area contributed by atoms with Gasteiger partial charge in [0.15, 0.2) is 5.79 Å².